The molecule has 3 aromatic heterocycles. The summed E-state index contributed by atoms with van der Waals surface area (Å²) in [5.41, 5.74) is 0.0691. The molecule has 0 saturated heterocycles. The van der Waals surface area contributed by atoms with Gasteiger partial charge >= 0.3 is 12.1 Å². The summed E-state index contributed by atoms with van der Waals surface area (Å²) < 4.78 is 53.2. The van der Waals surface area contributed by atoms with Crippen molar-refractivity contribution in [3.63, 3.8) is 0 Å². The Morgan fingerprint density at radius 2 is 1.85 bits per heavy atom. The summed E-state index contributed by atoms with van der Waals surface area (Å²) in [5, 5.41) is 6.88. The molecule has 1 aliphatic carbocycles. The van der Waals surface area contributed by atoms with Crippen LogP contribution < -0.4 is 10.1 Å². The smallest absolute Gasteiger partial charge is 0.433 e. The zero-order valence-electron chi connectivity index (χ0n) is 21.4. The number of alkyl halides is 3. The third kappa shape index (κ3) is 5.20. The monoisotopic (exact) mass is 558 g/mol. The zero-order chi connectivity index (χ0) is 27.9. The van der Waals surface area contributed by atoms with Crippen LogP contribution in [0.5, 0.6) is 5.75 Å². The number of nitrogens with zero attached hydrogens (tertiary/aromatic N) is 3. The summed E-state index contributed by atoms with van der Waals surface area (Å²) in [7, 11) is 1.48. The molecule has 12 heteroatoms. The summed E-state index contributed by atoms with van der Waals surface area (Å²) >= 11 is 1.29. The average molecular weight is 559 g/mol. The van der Waals surface area contributed by atoms with Gasteiger partial charge in [0.15, 0.2) is 11.3 Å². The van der Waals surface area contributed by atoms with Gasteiger partial charge in [-0.05, 0) is 75.4 Å². The lowest BCUT2D eigenvalue weighted by molar-refractivity contribution is -0.142. The van der Waals surface area contributed by atoms with Crippen LogP contribution in [-0.4, -0.2) is 39.7 Å². The highest BCUT2D eigenvalue weighted by Crippen LogP contribution is 2.39. The first kappa shape index (κ1) is 26.7. The first-order valence-electron chi connectivity index (χ1n) is 12.3. The number of nitrogens with one attached hydrogen (secondary N) is 1. The number of hydrogen-bond donors (Lipinski definition) is 1. The molecule has 4 aromatic rings. The van der Waals surface area contributed by atoms with Gasteiger partial charge in [0.2, 0.25) is 0 Å². The number of ether oxygens (including phenoxy) is 2. The largest absolute Gasteiger partial charge is 0.497 e. The van der Waals surface area contributed by atoms with Crippen molar-refractivity contribution in [2.75, 3.05) is 12.4 Å². The number of anilines is 1. The molecular formula is C27H25F3N4O4S. The second-order valence-electron chi connectivity index (χ2n) is 9.37. The van der Waals surface area contributed by atoms with Crippen LogP contribution >= 0.6 is 11.3 Å². The maximum Gasteiger partial charge on any atom is 0.433 e. The number of rotatable bonds is 6. The van der Waals surface area contributed by atoms with E-state index in [2.05, 4.69) is 15.4 Å². The summed E-state index contributed by atoms with van der Waals surface area (Å²) in [4.78, 5) is 31.8. The van der Waals surface area contributed by atoms with Crippen LogP contribution in [0.25, 0.3) is 16.9 Å². The maximum absolute atomic E-state index is 14.0. The molecule has 204 valence electrons. The van der Waals surface area contributed by atoms with Crippen LogP contribution in [0.4, 0.5) is 18.2 Å². The van der Waals surface area contributed by atoms with Gasteiger partial charge in [0.1, 0.15) is 16.3 Å². The van der Waals surface area contributed by atoms with Crippen LogP contribution in [0.15, 0.2) is 36.5 Å². The second-order valence-corrected chi connectivity index (χ2v) is 10.5. The lowest BCUT2D eigenvalue weighted by Crippen LogP contribution is -2.18. The van der Waals surface area contributed by atoms with E-state index in [0.717, 1.165) is 42.0 Å². The third-order valence-electron chi connectivity index (χ3n) is 6.34. The highest BCUT2D eigenvalue weighted by Gasteiger charge is 2.36. The van der Waals surface area contributed by atoms with Crippen LogP contribution in [0, 0.1) is 0 Å². The first-order chi connectivity index (χ1) is 18.6. The molecule has 8 nitrogen and oxygen atoms in total. The van der Waals surface area contributed by atoms with E-state index in [1.807, 2.05) is 0 Å². The Bertz CT molecular complexity index is 1560. The van der Waals surface area contributed by atoms with Gasteiger partial charge in [0.05, 0.1) is 30.7 Å². The third-order valence-corrected chi connectivity index (χ3v) is 7.55. The van der Waals surface area contributed by atoms with E-state index in [4.69, 9.17) is 9.47 Å². The van der Waals surface area contributed by atoms with Crippen molar-refractivity contribution in [1.82, 2.24) is 14.6 Å². The van der Waals surface area contributed by atoms with E-state index < -0.39 is 23.7 Å². The maximum atomic E-state index is 14.0. The van der Waals surface area contributed by atoms with E-state index >= 15 is 0 Å². The minimum atomic E-state index is -4.76. The van der Waals surface area contributed by atoms with Gasteiger partial charge in [-0.15, -0.1) is 11.3 Å². The minimum absolute atomic E-state index is 0.0137. The van der Waals surface area contributed by atoms with Crippen molar-refractivity contribution in [3.8, 4) is 17.0 Å². The van der Waals surface area contributed by atoms with E-state index in [1.165, 1.54) is 18.4 Å². The predicted molar refractivity (Wildman–Crippen MR) is 139 cm³/mol. The van der Waals surface area contributed by atoms with Gasteiger partial charge in [-0.1, -0.05) is 0 Å². The quantitative estimate of drug-likeness (QED) is 0.284. The van der Waals surface area contributed by atoms with Crippen LogP contribution in [0.1, 0.15) is 63.5 Å². The van der Waals surface area contributed by atoms with E-state index in [0.29, 0.717) is 32.8 Å². The van der Waals surface area contributed by atoms with Crippen molar-refractivity contribution >= 4 is 33.9 Å². The Morgan fingerprint density at radius 1 is 1.13 bits per heavy atom. The molecule has 1 aromatic carbocycles. The molecule has 0 fully saturated rings. The molecule has 1 N–H and O–H groups in total. The molecular weight excluding hydrogens is 533 g/mol. The van der Waals surface area contributed by atoms with Crippen molar-refractivity contribution in [2.45, 2.75) is 51.8 Å². The van der Waals surface area contributed by atoms with Gasteiger partial charge in [0.25, 0.3) is 5.91 Å². The molecule has 5 rings (SSSR count). The van der Waals surface area contributed by atoms with Crippen molar-refractivity contribution in [3.05, 3.63) is 63.8 Å². The standard InChI is InChI=1S/C27H25F3N4O4S/c1-14(2)38-26(36)22-17-6-4-5-7-20(17)39-25(22)33-24(35)18-13-31-34-21(27(28,29)30)12-19(32-23(18)34)15-8-10-16(37-3)11-9-15/h8-14H,4-7H2,1-3H3,(H,33,35). The number of benzene rings is 1. The summed E-state index contributed by atoms with van der Waals surface area (Å²) in [5.74, 6) is -0.737. The van der Waals surface area contributed by atoms with Crippen LogP contribution in [0.3, 0.4) is 0 Å². The Kier molecular flexibility index (Phi) is 7.06. The molecule has 39 heavy (non-hydrogen) atoms. The van der Waals surface area contributed by atoms with Crippen molar-refractivity contribution in [1.29, 1.82) is 0 Å². The molecule has 0 spiro atoms. The SMILES string of the molecule is COc1ccc(-c2cc(C(F)(F)F)n3ncc(C(=O)Nc4sc5c(c4C(=O)OC(C)C)CCCC5)c3n2)cc1. The van der Waals surface area contributed by atoms with E-state index in [-0.39, 0.29) is 23.0 Å². The van der Waals surface area contributed by atoms with Gasteiger partial charge in [-0.25, -0.2) is 14.3 Å². The first-order valence-corrected chi connectivity index (χ1v) is 13.2. The van der Waals surface area contributed by atoms with Gasteiger partial charge < -0.3 is 14.8 Å². The second kappa shape index (κ2) is 10.3. The predicted octanol–water partition coefficient (Wildman–Crippen LogP) is 6.18. The van der Waals surface area contributed by atoms with E-state index in [9.17, 15) is 22.8 Å². The number of halogens is 3. The number of esters is 1. The number of amides is 1. The number of fused-ring (bicyclic) bond motifs is 2. The molecule has 1 amide bonds. The number of carbonyl (C=O) groups excluding carboxylic acids is 2. The fourth-order valence-corrected chi connectivity index (χ4v) is 5.82. The Balaban J connectivity index is 1.58. The minimum Gasteiger partial charge on any atom is -0.497 e. The van der Waals surface area contributed by atoms with Gasteiger partial charge in [0, 0.05) is 10.4 Å². The van der Waals surface area contributed by atoms with Crippen LogP contribution in [0.2, 0.25) is 0 Å². The molecule has 0 unspecified atom stereocenters. The van der Waals surface area contributed by atoms with Crippen molar-refractivity contribution in [2.24, 2.45) is 0 Å². The van der Waals surface area contributed by atoms with Gasteiger partial charge in [-0.3, -0.25) is 4.79 Å². The van der Waals surface area contributed by atoms with Crippen molar-refractivity contribution < 1.29 is 32.2 Å². The topological polar surface area (TPSA) is 94.8 Å². The number of aryl methyl sites for hydroxylation is 1. The highest BCUT2D eigenvalue weighted by atomic mass is 32.1. The number of aromatic nitrogens is 3. The summed E-state index contributed by atoms with van der Waals surface area (Å²) in [6, 6.07) is 7.26. The highest BCUT2D eigenvalue weighted by molar-refractivity contribution is 7.17. The Labute approximate surface area is 225 Å². The number of thiophene rings is 1. The Hall–Kier alpha value is -3.93. The number of methoxy groups -OCH3 is 1. The average Bonchev–Trinajstić information content (AvgIpc) is 3.48. The van der Waals surface area contributed by atoms with Gasteiger partial charge in [-0.2, -0.15) is 18.3 Å². The molecule has 3 heterocycles. The molecule has 0 radical (unpaired) electrons. The fourth-order valence-electron chi connectivity index (χ4n) is 4.55. The zero-order valence-corrected chi connectivity index (χ0v) is 22.2. The normalized spacial score (nSPS) is 13.4. The Morgan fingerprint density at radius 3 is 2.51 bits per heavy atom. The molecule has 0 atom stereocenters. The summed E-state index contributed by atoms with van der Waals surface area (Å²) in [6.07, 6.45) is -0.746. The van der Waals surface area contributed by atoms with E-state index in [1.54, 1.807) is 38.1 Å². The van der Waals surface area contributed by atoms with Crippen LogP contribution in [-0.2, 0) is 23.8 Å². The molecule has 1 aliphatic rings. The lowest BCUT2D eigenvalue weighted by Gasteiger charge is -2.14. The molecule has 0 bridgehead atoms. The summed E-state index contributed by atoms with van der Waals surface area (Å²) in [6.45, 7) is 3.47. The molecule has 0 aliphatic heterocycles. The lowest BCUT2D eigenvalue weighted by atomic mass is 9.95. The fraction of sp³-hybridized carbons (Fsp3) is 0.333. The molecule has 0 saturated carbocycles. The number of carbonyl (C=O) groups is 2. The number of hydrogen-bond acceptors (Lipinski definition) is 7.